The van der Waals surface area contributed by atoms with E-state index in [9.17, 15) is 4.79 Å². The zero-order valence-corrected chi connectivity index (χ0v) is 15.5. The van der Waals surface area contributed by atoms with Gasteiger partial charge in [-0.05, 0) is 67.1 Å². The number of hydrogen-bond acceptors (Lipinski definition) is 6. The maximum absolute atomic E-state index is 11.7. The summed E-state index contributed by atoms with van der Waals surface area (Å²) < 4.78 is 0. The number of hydrogen-bond donors (Lipinski definition) is 3. The average Bonchev–Trinajstić information content (AvgIpc) is 2.73. The first kappa shape index (κ1) is 18.1. The number of hydroxylamine groups is 1. The van der Waals surface area contributed by atoms with Gasteiger partial charge in [0.25, 0.3) is 5.91 Å². The largest absolute Gasteiger partial charge is 0.351 e. The second kappa shape index (κ2) is 7.74. The number of carbonyl (C=O) groups is 1. The molecule has 1 atom stereocenters. The predicted molar refractivity (Wildman–Crippen MR) is 105 cm³/mol. The fourth-order valence-electron chi connectivity index (χ4n) is 3.55. The van der Waals surface area contributed by atoms with Crippen LogP contribution in [-0.2, 0) is 12.8 Å². The van der Waals surface area contributed by atoms with Crippen LogP contribution in [0.15, 0.2) is 48.9 Å². The SMILES string of the molecule is Cc1cncc(-c2ccnc(NC3CCc4ccc(C(=O)NO)cc4C3)n2)c1. The van der Waals surface area contributed by atoms with Gasteiger partial charge >= 0.3 is 0 Å². The average molecular weight is 375 g/mol. The molecule has 1 amide bonds. The lowest BCUT2D eigenvalue weighted by atomic mass is 9.87. The van der Waals surface area contributed by atoms with Crippen LogP contribution >= 0.6 is 0 Å². The molecule has 3 N–H and O–H groups in total. The number of carbonyl (C=O) groups excluding carboxylic acids is 1. The topological polar surface area (TPSA) is 100 Å². The molecule has 142 valence electrons. The van der Waals surface area contributed by atoms with Crippen molar-refractivity contribution in [2.45, 2.75) is 32.2 Å². The Hall–Kier alpha value is -3.32. The van der Waals surface area contributed by atoms with E-state index < -0.39 is 5.91 Å². The van der Waals surface area contributed by atoms with E-state index in [0.29, 0.717) is 11.5 Å². The maximum atomic E-state index is 11.7. The highest BCUT2D eigenvalue weighted by molar-refractivity contribution is 5.93. The molecule has 0 saturated heterocycles. The first-order valence-electron chi connectivity index (χ1n) is 9.20. The van der Waals surface area contributed by atoms with E-state index in [-0.39, 0.29) is 6.04 Å². The highest BCUT2D eigenvalue weighted by atomic mass is 16.5. The van der Waals surface area contributed by atoms with E-state index in [1.54, 1.807) is 23.9 Å². The normalized spacial score (nSPS) is 15.6. The van der Waals surface area contributed by atoms with Gasteiger partial charge in [0, 0.05) is 35.8 Å². The molecule has 0 bridgehead atoms. The number of rotatable bonds is 4. The van der Waals surface area contributed by atoms with E-state index in [1.165, 1.54) is 5.56 Å². The monoisotopic (exact) mass is 375 g/mol. The zero-order valence-electron chi connectivity index (χ0n) is 15.5. The lowest BCUT2D eigenvalue weighted by Crippen LogP contribution is -2.29. The van der Waals surface area contributed by atoms with Gasteiger partial charge in [-0.25, -0.2) is 15.4 Å². The Balaban J connectivity index is 1.51. The van der Waals surface area contributed by atoms with Gasteiger partial charge in [-0.3, -0.25) is 15.0 Å². The Morgan fingerprint density at radius 1 is 1.18 bits per heavy atom. The van der Waals surface area contributed by atoms with Crippen LogP contribution in [0.2, 0.25) is 0 Å². The van der Waals surface area contributed by atoms with Crippen LogP contribution in [0.4, 0.5) is 5.95 Å². The Morgan fingerprint density at radius 3 is 2.89 bits per heavy atom. The summed E-state index contributed by atoms with van der Waals surface area (Å²) in [4.78, 5) is 24.9. The summed E-state index contributed by atoms with van der Waals surface area (Å²) in [5.41, 5.74) is 7.33. The van der Waals surface area contributed by atoms with Crippen LogP contribution in [0.3, 0.4) is 0 Å². The van der Waals surface area contributed by atoms with Gasteiger partial charge in [0.15, 0.2) is 0 Å². The number of anilines is 1. The van der Waals surface area contributed by atoms with Gasteiger partial charge < -0.3 is 5.32 Å². The van der Waals surface area contributed by atoms with Crippen molar-refractivity contribution >= 4 is 11.9 Å². The summed E-state index contributed by atoms with van der Waals surface area (Å²) in [6, 6.07) is 9.62. The maximum Gasteiger partial charge on any atom is 0.274 e. The molecule has 0 saturated carbocycles. The first-order chi connectivity index (χ1) is 13.6. The van der Waals surface area contributed by atoms with Gasteiger partial charge in [-0.1, -0.05) is 6.07 Å². The van der Waals surface area contributed by atoms with Gasteiger partial charge in [0.05, 0.1) is 5.69 Å². The Bertz CT molecular complexity index is 1020. The molecule has 2 heterocycles. The van der Waals surface area contributed by atoms with Crippen molar-refractivity contribution in [1.82, 2.24) is 20.4 Å². The molecular formula is C21H21N5O2. The minimum Gasteiger partial charge on any atom is -0.351 e. The molecule has 1 aliphatic carbocycles. The lowest BCUT2D eigenvalue weighted by molar-refractivity contribution is 0.0706. The number of fused-ring (bicyclic) bond motifs is 1. The lowest BCUT2D eigenvalue weighted by Gasteiger charge is -2.26. The molecule has 0 radical (unpaired) electrons. The van der Waals surface area contributed by atoms with E-state index >= 15 is 0 Å². The molecular weight excluding hydrogens is 354 g/mol. The van der Waals surface area contributed by atoms with Crippen LogP contribution in [0.1, 0.15) is 33.5 Å². The third-order valence-corrected chi connectivity index (χ3v) is 4.96. The summed E-state index contributed by atoms with van der Waals surface area (Å²) in [5, 5.41) is 12.3. The van der Waals surface area contributed by atoms with E-state index in [4.69, 9.17) is 5.21 Å². The second-order valence-electron chi connectivity index (χ2n) is 7.02. The third-order valence-electron chi connectivity index (χ3n) is 4.96. The minimum atomic E-state index is -0.499. The van der Waals surface area contributed by atoms with Crippen molar-refractivity contribution in [3.8, 4) is 11.3 Å². The summed E-state index contributed by atoms with van der Waals surface area (Å²) in [7, 11) is 0. The number of amides is 1. The summed E-state index contributed by atoms with van der Waals surface area (Å²) in [6.07, 6.45) is 7.99. The Morgan fingerprint density at radius 2 is 2.07 bits per heavy atom. The van der Waals surface area contributed by atoms with E-state index in [2.05, 4.69) is 20.3 Å². The first-order valence-corrected chi connectivity index (χ1v) is 9.20. The second-order valence-corrected chi connectivity index (χ2v) is 7.02. The molecule has 3 aromatic rings. The molecule has 28 heavy (non-hydrogen) atoms. The number of nitrogens with one attached hydrogen (secondary N) is 2. The summed E-state index contributed by atoms with van der Waals surface area (Å²) in [6.45, 7) is 2.00. The summed E-state index contributed by atoms with van der Waals surface area (Å²) >= 11 is 0. The minimum absolute atomic E-state index is 0.172. The number of aryl methyl sites for hydroxylation is 2. The van der Waals surface area contributed by atoms with Gasteiger partial charge in [-0.15, -0.1) is 0 Å². The third kappa shape index (κ3) is 3.84. The molecule has 7 nitrogen and oxygen atoms in total. The Kier molecular flexibility index (Phi) is 4.99. The van der Waals surface area contributed by atoms with E-state index in [0.717, 1.165) is 41.6 Å². The number of nitrogens with zero attached hydrogens (tertiary/aromatic N) is 3. The molecule has 7 heteroatoms. The fraction of sp³-hybridized carbons (Fsp3) is 0.238. The predicted octanol–water partition coefficient (Wildman–Crippen LogP) is 2.94. The fourth-order valence-corrected chi connectivity index (χ4v) is 3.55. The molecule has 1 aromatic carbocycles. The zero-order chi connectivity index (χ0) is 19.5. The van der Waals surface area contributed by atoms with Crippen LogP contribution in [0.25, 0.3) is 11.3 Å². The van der Waals surface area contributed by atoms with Crippen LogP contribution < -0.4 is 10.8 Å². The highest BCUT2D eigenvalue weighted by Crippen LogP contribution is 2.25. The number of aromatic nitrogens is 3. The van der Waals surface area contributed by atoms with Gasteiger partial charge in [0.2, 0.25) is 5.95 Å². The van der Waals surface area contributed by atoms with Crippen LogP contribution in [-0.4, -0.2) is 32.1 Å². The van der Waals surface area contributed by atoms with E-state index in [1.807, 2.05) is 37.4 Å². The standard InChI is InChI=1S/C21H21N5O2/c1-13-8-17(12-22-11-13)19-6-7-23-21(25-19)24-18-5-4-14-2-3-15(20(27)26-28)9-16(14)10-18/h2-3,6-9,11-12,18,28H,4-5,10H2,1H3,(H,26,27)(H,23,24,25). The molecule has 1 aliphatic rings. The number of pyridine rings is 1. The van der Waals surface area contributed by atoms with Crippen molar-refractivity contribution in [2.24, 2.45) is 0 Å². The molecule has 4 rings (SSSR count). The molecule has 0 spiro atoms. The quantitative estimate of drug-likeness (QED) is 0.479. The van der Waals surface area contributed by atoms with Crippen molar-refractivity contribution in [3.63, 3.8) is 0 Å². The molecule has 2 aromatic heterocycles. The van der Waals surface area contributed by atoms with Crippen molar-refractivity contribution in [3.05, 3.63) is 71.2 Å². The smallest absolute Gasteiger partial charge is 0.274 e. The molecule has 0 aliphatic heterocycles. The van der Waals surface area contributed by atoms with Crippen molar-refractivity contribution in [1.29, 1.82) is 0 Å². The van der Waals surface area contributed by atoms with Crippen LogP contribution in [0.5, 0.6) is 0 Å². The highest BCUT2D eigenvalue weighted by Gasteiger charge is 2.20. The van der Waals surface area contributed by atoms with Crippen molar-refractivity contribution in [2.75, 3.05) is 5.32 Å². The van der Waals surface area contributed by atoms with Gasteiger partial charge in [-0.2, -0.15) is 0 Å². The van der Waals surface area contributed by atoms with Crippen molar-refractivity contribution < 1.29 is 10.0 Å². The number of benzene rings is 1. The summed E-state index contributed by atoms with van der Waals surface area (Å²) in [5.74, 6) is 0.0809. The molecule has 0 fully saturated rings. The van der Waals surface area contributed by atoms with Crippen LogP contribution in [0, 0.1) is 6.92 Å². The Labute approximate surface area is 162 Å². The molecule has 1 unspecified atom stereocenters. The van der Waals surface area contributed by atoms with Gasteiger partial charge in [0.1, 0.15) is 0 Å².